The Morgan fingerprint density at radius 1 is 0.429 bits per heavy atom. The van der Waals surface area contributed by atoms with Gasteiger partial charge in [-0.25, -0.2) is 0 Å². The summed E-state index contributed by atoms with van der Waals surface area (Å²) in [5, 5.41) is 43.7. The molecule has 328 valence electrons. The van der Waals surface area contributed by atoms with Gasteiger partial charge in [0.1, 0.15) is 12.2 Å². The highest BCUT2D eigenvalue weighted by atomic mass is 16.3. The second kappa shape index (κ2) is 44.4. The van der Waals surface area contributed by atoms with Crippen molar-refractivity contribution in [3.05, 3.63) is 48.6 Å². The zero-order valence-corrected chi connectivity index (χ0v) is 36.9. The number of hydrogen-bond acceptors (Lipinski definition) is 5. The summed E-state index contributed by atoms with van der Waals surface area (Å²) in [6.45, 7) is 4.01. The van der Waals surface area contributed by atoms with Gasteiger partial charge >= 0.3 is 0 Å². The summed E-state index contributed by atoms with van der Waals surface area (Å²) in [6, 6.07) is -1.01. The first-order valence-corrected chi connectivity index (χ1v) is 24.0. The minimum atomic E-state index is -1.29. The molecule has 56 heavy (non-hydrogen) atoms. The van der Waals surface area contributed by atoms with Crippen molar-refractivity contribution < 1.29 is 25.2 Å². The molecule has 5 N–H and O–H groups in total. The zero-order chi connectivity index (χ0) is 41.0. The molecule has 0 spiro atoms. The summed E-state index contributed by atoms with van der Waals surface area (Å²) in [7, 11) is 0. The zero-order valence-electron chi connectivity index (χ0n) is 36.9. The Morgan fingerprint density at radius 2 is 0.750 bits per heavy atom. The van der Waals surface area contributed by atoms with Gasteiger partial charge in [-0.3, -0.25) is 4.79 Å². The lowest BCUT2D eigenvalue weighted by Gasteiger charge is -2.27. The van der Waals surface area contributed by atoms with Crippen molar-refractivity contribution in [3.63, 3.8) is 0 Å². The Labute approximate surface area is 347 Å². The quantitative estimate of drug-likeness (QED) is 0.0312. The molecule has 0 heterocycles. The molecule has 0 fully saturated rings. The highest BCUT2D eigenvalue weighted by Gasteiger charge is 2.28. The number of carbonyl (C=O) groups is 1. The minimum absolute atomic E-state index is 0.354. The number of hydrogen-bond donors (Lipinski definition) is 5. The first kappa shape index (κ1) is 54.3. The predicted molar refractivity (Wildman–Crippen MR) is 242 cm³/mol. The number of amides is 1. The van der Waals surface area contributed by atoms with Gasteiger partial charge in [0, 0.05) is 0 Å². The van der Waals surface area contributed by atoms with Crippen molar-refractivity contribution in [1.29, 1.82) is 0 Å². The Morgan fingerprint density at radius 3 is 1.16 bits per heavy atom. The molecule has 0 aromatic carbocycles. The lowest BCUT2D eigenvalue weighted by atomic mass is 10.00. The van der Waals surface area contributed by atoms with Gasteiger partial charge in [-0.1, -0.05) is 191 Å². The van der Waals surface area contributed by atoms with Crippen molar-refractivity contribution in [2.45, 2.75) is 257 Å². The molecule has 0 bridgehead atoms. The van der Waals surface area contributed by atoms with Gasteiger partial charge < -0.3 is 25.7 Å². The highest BCUT2D eigenvalue weighted by molar-refractivity contribution is 5.80. The van der Waals surface area contributed by atoms with Crippen LogP contribution in [0, 0.1) is 0 Å². The van der Waals surface area contributed by atoms with E-state index in [1.54, 1.807) is 0 Å². The Balaban J connectivity index is 3.75. The lowest BCUT2D eigenvalue weighted by molar-refractivity contribution is -0.132. The molecule has 0 radical (unpaired) electrons. The number of rotatable bonds is 43. The number of carbonyl (C=O) groups excluding carboxylic acids is 1. The number of nitrogens with one attached hydrogen (secondary N) is 1. The van der Waals surface area contributed by atoms with Crippen LogP contribution in [0.5, 0.6) is 0 Å². The van der Waals surface area contributed by atoms with Crippen LogP contribution >= 0.6 is 0 Å². The molecule has 0 aliphatic heterocycles. The topological polar surface area (TPSA) is 110 Å². The monoisotopic (exact) mass is 788 g/mol. The van der Waals surface area contributed by atoms with Gasteiger partial charge in [0.2, 0.25) is 5.91 Å². The van der Waals surface area contributed by atoms with E-state index < -0.39 is 36.9 Å². The molecule has 0 aromatic rings. The van der Waals surface area contributed by atoms with Crippen molar-refractivity contribution in [1.82, 2.24) is 5.32 Å². The molecular formula is C50H93NO5. The molecule has 4 atom stereocenters. The average molecular weight is 788 g/mol. The van der Waals surface area contributed by atoms with Crippen LogP contribution in [0.25, 0.3) is 0 Å². The SMILES string of the molecule is CCCCC/C=C/CC/C=C/CC/C=C/CCCC(O)C(O)C(CO)NC(=O)C(O)CCCCCCCCCC/C=C\CCCCCCCCCCCCCC. The Kier molecular flexibility index (Phi) is 43.0. The molecule has 0 rings (SSSR count). The molecule has 0 aliphatic rings. The van der Waals surface area contributed by atoms with Crippen molar-refractivity contribution in [2.24, 2.45) is 0 Å². The summed E-state index contributed by atoms with van der Waals surface area (Å²) in [4.78, 5) is 12.5. The molecule has 1 amide bonds. The van der Waals surface area contributed by atoms with Crippen LogP contribution in [0.15, 0.2) is 48.6 Å². The smallest absolute Gasteiger partial charge is 0.249 e. The second-order valence-electron chi connectivity index (χ2n) is 16.4. The van der Waals surface area contributed by atoms with Crippen LogP contribution in [0.3, 0.4) is 0 Å². The average Bonchev–Trinajstić information content (AvgIpc) is 3.20. The summed E-state index contributed by atoms with van der Waals surface area (Å²) in [5.74, 6) is -0.603. The highest BCUT2D eigenvalue weighted by Crippen LogP contribution is 2.15. The molecule has 0 saturated carbocycles. The molecule has 6 nitrogen and oxygen atoms in total. The molecular weight excluding hydrogens is 695 g/mol. The predicted octanol–water partition coefficient (Wildman–Crippen LogP) is 13.1. The van der Waals surface area contributed by atoms with Gasteiger partial charge in [-0.05, 0) is 89.9 Å². The third kappa shape index (κ3) is 37.8. The van der Waals surface area contributed by atoms with E-state index in [4.69, 9.17) is 0 Å². The number of allylic oxidation sites excluding steroid dienone is 8. The first-order valence-electron chi connectivity index (χ1n) is 24.0. The second-order valence-corrected chi connectivity index (χ2v) is 16.4. The van der Waals surface area contributed by atoms with E-state index in [1.807, 2.05) is 0 Å². The molecule has 4 unspecified atom stereocenters. The van der Waals surface area contributed by atoms with Crippen LogP contribution in [-0.2, 0) is 4.79 Å². The number of aliphatic hydroxyl groups is 4. The molecule has 0 saturated heterocycles. The fraction of sp³-hybridized carbons (Fsp3) is 0.820. The van der Waals surface area contributed by atoms with E-state index in [9.17, 15) is 25.2 Å². The summed E-state index contributed by atoms with van der Waals surface area (Å²) in [6.07, 6.45) is 54.4. The normalized spacial score (nSPS) is 14.5. The maximum Gasteiger partial charge on any atom is 0.249 e. The van der Waals surface area contributed by atoms with Crippen LogP contribution < -0.4 is 5.32 Å². The van der Waals surface area contributed by atoms with Crippen molar-refractivity contribution in [3.8, 4) is 0 Å². The fourth-order valence-electron chi connectivity index (χ4n) is 7.14. The van der Waals surface area contributed by atoms with Gasteiger partial charge in [-0.15, -0.1) is 0 Å². The van der Waals surface area contributed by atoms with E-state index in [0.717, 1.165) is 51.4 Å². The Bertz CT molecular complexity index is 930. The van der Waals surface area contributed by atoms with Gasteiger partial charge in [-0.2, -0.15) is 0 Å². The number of aliphatic hydroxyl groups excluding tert-OH is 4. The third-order valence-corrected chi connectivity index (χ3v) is 11.0. The van der Waals surface area contributed by atoms with Crippen molar-refractivity contribution in [2.75, 3.05) is 6.61 Å². The van der Waals surface area contributed by atoms with E-state index in [0.29, 0.717) is 19.3 Å². The maximum absolute atomic E-state index is 12.5. The van der Waals surface area contributed by atoms with E-state index in [-0.39, 0.29) is 0 Å². The van der Waals surface area contributed by atoms with Crippen LogP contribution in [0.1, 0.15) is 232 Å². The Hall–Kier alpha value is -1.73. The molecule has 0 aromatic heterocycles. The first-order chi connectivity index (χ1) is 27.5. The van der Waals surface area contributed by atoms with Crippen LogP contribution in [0.4, 0.5) is 0 Å². The van der Waals surface area contributed by atoms with Crippen molar-refractivity contribution >= 4 is 5.91 Å². The molecule has 6 heteroatoms. The summed E-state index contributed by atoms with van der Waals surface area (Å²) >= 11 is 0. The molecule has 0 aliphatic carbocycles. The van der Waals surface area contributed by atoms with Gasteiger partial charge in [0.15, 0.2) is 0 Å². The number of unbranched alkanes of at least 4 members (excludes halogenated alkanes) is 26. The summed E-state index contributed by atoms with van der Waals surface area (Å²) < 4.78 is 0. The largest absolute Gasteiger partial charge is 0.394 e. The van der Waals surface area contributed by atoms with E-state index >= 15 is 0 Å². The van der Waals surface area contributed by atoms with Crippen LogP contribution in [0.2, 0.25) is 0 Å². The fourth-order valence-corrected chi connectivity index (χ4v) is 7.14. The van der Waals surface area contributed by atoms with Gasteiger partial charge in [0.25, 0.3) is 0 Å². The maximum atomic E-state index is 12.5. The standard InChI is InChI=1S/C50H93NO5/c1-3-5-7-9-11-13-15-17-19-21-22-23-24-25-26-27-28-30-32-34-36-38-40-42-44-48(54)50(56)51-46(45-52)49(55)47(53)43-41-39-37-35-33-31-29-20-18-16-14-12-10-8-6-4-2/h12,14,20,25-26,29,35,37,46-49,52-55H,3-11,13,15-19,21-24,27-28,30-34,36,38-45H2,1-2H3,(H,51,56)/b14-12+,26-25-,29-20+,37-35+. The van der Waals surface area contributed by atoms with E-state index in [2.05, 4.69) is 67.8 Å². The summed E-state index contributed by atoms with van der Waals surface area (Å²) in [5.41, 5.74) is 0. The van der Waals surface area contributed by atoms with Gasteiger partial charge in [0.05, 0.1) is 18.8 Å². The van der Waals surface area contributed by atoms with Crippen LogP contribution in [-0.4, -0.2) is 57.3 Å². The minimum Gasteiger partial charge on any atom is -0.394 e. The lowest BCUT2D eigenvalue weighted by Crippen LogP contribution is -2.53. The van der Waals surface area contributed by atoms with E-state index in [1.165, 1.54) is 148 Å². The third-order valence-electron chi connectivity index (χ3n) is 11.0.